The van der Waals surface area contributed by atoms with Gasteiger partial charge in [0.25, 0.3) is 5.91 Å². The summed E-state index contributed by atoms with van der Waals surface area (Å²) >= 11 is 0. The Morgan fingerprint density at radius 2 is 1.93 bits per heavy atom. The summed E-state index contributed by atoms with van der Waals surface area (Å²) in [5.74, 6) is -0.620. The Morgan fingerprint density at radius 3 is 2.67 bits per heavy atom. The lowest BCUT2D eigenvalue weighted by Gasteiger charge is -2.16. The number of hydrogen-bond donors (Lipinski definition) is 2. The molecule has 0 spiro atoms. The number of nitrogens with one attached hydrogen (secondary N) is 1. The monoisotopic (exact) mass is 361 g/mol. The van der Waals surface area contributed by atoms with Crippen LogP contribution in [0.3, 0.4) is 0 Å². The largest absolute Gasteiger partial charge is 0.468 e. The third kappa shape index (κ3) is 2.89. The maximum atomic E-state index is 12.9. The fraction of sp³-hybridized carbons (Fsp3) is 0.190. The molecule has 136 valence electrons. The van der Waals surface area contributed by atoms with Gasteiger partial charge in [-0.15, -0.1) is 0 Å². The van der Waals surface area contributed by atoms with Crippen molar-refractivity contribution in [3.05, 3.63) is 66.0 Å². The van der Waals surface area contributed by atoms with Gasteiger partial charge in [-0.2, -0.15) is 0 Å². The number of nitrogen functional groups attached to an aromatic ring is 1. The topological polar surface area (TPSA) is 94.3 Å². The minimum absolute atomic E-state index is 0.281. The molecule has 1 saturated carbocycles. The van der Waals surface area contributed by atoms with Crippen LogP contribution in [0.1, 0.15) is 28.8 Å². The van der Waals surface area contributed by atoms with E-state index >= 15 is 0 Å². The first-order valence-corrected chi connectivity index (χ1v) is 8.68. The van der Waals surface area contributed by atoms with E-state index in [1.54, 1.807) is 30.6 Å². The fourth-order valence-corrected chi connectivity index (χ4v) is 3.39. The van der Waals surface area contributed by atoms with E-state index in [-0.39, 0.29) is 11.9 Å². The predicted molar refractivity (Wildman–Crippen MR) is 103 cm³/mol. The summed E-state index contributed by atoms with van der Waals surface area (Å²) in [7, 11) is 1.38. The number of amides is 1. The summed E-state index contributed by atoms with van der Waals surface area (Å²) in [6, 6.07) is 12.8. The highest BCUT2D eigenvalue weighted by atomic mass is 16.5. The van der Waals surface area contributed by atoms with Gasteiger partial charge in [0, 0.05) is 22.7 Å². The maximum absolute atomic E-state index is 12.9. The minimum Gasteiger partial charge on any atom is -0.468 e. The molecule has 0 aliphatic heterocycles. The summed E-state index contributed by atoms with van der Waals surface area (Å²) in [6.45, 7) is 0. The summed E-state index contributed by atoms with van der Waals surface area (Å²) in [5.41, 5.74) is 7.43. The quantitative estimate of drug-likeness (QED) is 0.549. The predicted octanol–water partition coefficient (Wildman–Crippen LogP) is 3.27. The van der Waals surface area contributed by atoms with E-state index in [4.69, 9.17) is 10.5 Å². The molecule has 1 heterocycles. The number of methoxy groups -OCH3 is 1. The number of nitrogens with two attached hydrogens (primary N) is 1. The lowest BCUT2D eigenvalue weighted by atomic mass is 9.93. The Morgan fingerprint density at radius 1 is 1.15 bits per heavy atom. The van der Waals surface area contributed by atoms with Crippen LogP contribution in [0.25, 0.3) is 10.8 Å². The van der Waals surface area contributed by atoms with Gasteiger partial charge in [0.05, 0.1) is 30.0 Å². The molecule has 3 aromatic rings. The molecule has 1 aliphatic rings. The third-order valence-corrected chi connectivity index (χ3v) is 5.09. The molecule has 1 fully saturated rings. The van der Waals surface area contributed by atoms with Gasteiger partial charge in [0.2, 0.25) is 0 Å². The number of esters is 1. The number of pyridine rings is 1. The van der Waals surface area contributed by atoms with Crippen molar-refractivity contribution in [3.63, 3.8) is 0 Å². The normalized spacial score (nSPS) is 14.6. The molecule has 3 N–H and O–H groups in total. The zero-order chi connectivity index (χ0) is 19.0. The van der Waals surface area contributed by atoms with Crippen molar-refractivity contribution >= 4 is 34.0 Å². The molecule has 0 unspecified atom stereocenters. The maximum Gasteiger partial charge on any atom is 0.316 e. The number of aromatic nitrogens is 1. The van der Waals surface area contributed by atoms with E-state index in [0.717, 1.165) is 16.3 Å². The molecular weight excluding hydrogens is 342 g/mol. The van der Waals surface area contributed by atoms with Crippen LogP contribution in [0.5, 0.6) is 0 Å². The van der Waals surface area contributed by atoms with Gasteiger partial charge in [-0.05, 0) is 30.5 Å². The van der Waals surface area contributed by atoms with Gasteiger partial charge in [-0.3, -0.25) is 14.6 Å². The molecule has 1 aromatic heterocycles. The molecule has 4 rings (SSSR count). The summed E-state index contributed by atoms with van der Waals surface area (Å²) in [6.07, 6.45) is 4.76. The SMILES string of the molecule is COC(=O)C1(c2ccc(N)c(C(=O)Nc3cncc4ccccc34)c2)CC1. The Labute approximate surface area is 156 Å². The highest BCUT2D eigenvalue weighted by Gasteiger charge is 2.52. The zero-order valence-corrected chi connectivity index (χ0v) is 14.9. The molecule has 6 nitrogen and oxygen atoms in total. The molecule has 0 atom stereocenters. The molecule has 1 aliphatic carbocycles. The zero-order valence-electron chi connectivity index (χ0n) is 14.9. The van der Waals surface area contributed by atoms with E-state index in [0.29, 0.717) is 29.8 Å². The average molecular weight is 361 g/mol. The molecule has 0 radical (unpaired) electrons. The van der Waals surface area contributed by atoms with Gasteiger partial charge in [-0.25, -0.2) is 0 Å². The molecule has 2 aromatic carbocycles. The van der Waals surface area contributed by atoms with Gasteiger partial charge in [-0.1, -0.05) is 30.3 Å². The van der Waals surface area contributed by atoms with Crippen LogP contribution in [0, 0.1) is 0 Å². The number of nitrogens with zero attached hydrogens (tertiary/aromatic N) is 1. The Balaban J connectivity index is 1.68. The third-order valence-electron chi connectivity index (χ3n) is 5.09. The van der Waals surface area contributed by atoms with E-state index in [1.165, 1.54) is 7.11 Å². The second kappa shape index (κ2) is 6.39. The Hall–Kier alpha value is -3.41. The Kier molecular flexibility index (Phi) is 4.03. The lowest BCUT2D eigenvalue weighted by molar-refractivity contribution is -0.143. The number of benzene rings is 2. The van der Waals surface area contributed by atoms with Crippen molar-refractivity contribution in [1.29, 1.82) is 0 Å². The summed E-state index contributed by atoms with van der Waals surface area (Å²) < 4.78 is 4.93. The highest BCUT2D eigenvalue weighted by molar-refractivity contribution is 6.11. The number of fused-ring (bicyclic) bond motifs is 1. The smallest absolute Gasteiger partial charge is 0.316 e. The van der Waals surface area contributed by atoms with Gasteiger partial charge >= 0.3 is 5.97 Å². The summed E-state index contributed by atoms with van der Waals surface area (Å²) in [4.78, 5) is 29.2. The second-order valence-corrected chi connectivity index (χ2v) is 6.74. The fourth-order valence-electron chi connectivity index (χ4n) is 3.39. The molecule has 0 saturated heterocycles. The molecular formula is C21H19N3O3. The average Bonchev–Trinajstić information content (AvgIpc) is 3.50. The number of carbonyl (C=O) groups is 2. The lowest BCUT2D eigenvalue weighted by Crippen LogP contribution is -2.23. The second-order valence-electron chi connectivity index (χ2n) is 6.74. The highest BCUT2D eigenvalue weighted by Crippen LogP contribution is 2.49. The van der Waals surface area contributed by atoms with Crippen molar-refractivity contribution in [1.82, 2.24) is 4.98 Å². The van der Waals surface area contributed by atoms with Crippen LogP contribution < -0.4 is 11.1 Å². The number of anilines is 2. The number of carbonyl (C=O) groups excluding carboxylic acids is 2. The van der Waals surface area contributed by atoms with Crippen LogP contribution in [-0.2, 0) is 14.9 Å². The standard InChI is InChI=1S/C21H19N3O3/c1-27-20(26)21(8-9-21)14-6-7-17(22)16(10-14)19(25)24-18-12-23-11-13-4-2-3-5-15(13)18/h2-7,10-12H,8-9,22H2,1H3,(H,24,25). The van der Waals surface area contributed by atoms with Crippen molar-refractivity contribution in [2.45, 2.75) is 18.3 Å². The van der Waals surface area contributed by atoms with Crippen molar-refractivity contribution in [2.75, 3.05) is 18.2 Å². The van der Waals surface area contributed by atoms with E-state index in [1.807, 2.05) is 24.3 Å². The van der Waals surface area contributed by atoms with Crippen molar-refractivity contribution in [2.24, 2.45) is 0 Å². The van der Waals surface area contributed by atoms with Crippen LogP contribution >= 0.6 is 0 Å². The van der Waals surface area contributed by atoms with Crippen LogP contribution in [0.2, 0.25) is 0 Å². The number of hydrogen-bond acceptors (Lipinski definition) is 5. The van der Waals surface area contributed by atoms with Crippen LogP contribution in [0.4, 0.5) is 11.4 Å². The summed E-state index contributed by atoms with van der Waals surface area (Å²) in [5, 5.41) is 4.71. The van der Waals surface area contributed by atoms with E-state index in [9.17, 15) is 9.59 Å². The van der Waals surface area contributed by atoms with Gasteiger partial charge < -0.3 is 15.8 Å². The van der Waals surface area contributed by atoms with E-state index in [2.05, 4.69) is 10.3 Å². The van der Waals surface area contributed by atoms with Crippen molar-refractivity contribution in [3.8, 4) is 0 Å². The first-order chi connectivity index (χ1) is 13.0. The molecule has 1 amide bonds. The number of rotatable bonds is 4. The molecule has 6 heteroatoms. The first-order valence-electron chi connectivity index (χ1n) is 8.68. The first kappa shape index (κ1) is 17.0. The van der Waals surface area contributed by atoms with Gasteiger partial charge in [0.1, 0.15) is 0 Å². The Bertz CT molecular complexity index is 1050. The van der Waals surface area contributed by atoms with Crippen molar-refractivity contribution < 1.29 is 14.3 Å². The molecule has 27 heavy (non-hydrogen) atoms. The minimum atomic E-state index is -0.654. The number of ether oxygens (including phenoxy) is 1. The van der Waals surface area contributed by atoms with Crippen LogP contribution in [0.15, 0.2) is 54.9 Å². The van der Waals surface area contributed by atoms with Gasteiger partial charge in [0.15, 0.2) is 0 Å². The van der Waals surface area contributed by atoms with E-state index < -0.39 is 5.41 Å². The molecule has 0 bridgehead atoms. The van der Waals surface area contributed by atoms with Crippen LogP contribution in [-0.4, -0.2) is 24.0 Å².